The highest BCUT2D eigenvalue weighted by atomic mass is 32.2. The van der Waals surface area contributed by atoms with Crippen molar-refractivity contribution in [1.82, 2.24) is 4.90 Å². The molecule has 4 heterocycles. The summed E-state index contributed by atoms with van der Waals surface area (Å²) < 4.78 is 4.74. The van der Waals surface area contributed by atoms with E-state index >= 15 is 0 Å². The number of ether oxygens (including phenoxy) is 1. The molecule has 8 heteroatoms. The maximum Gasteiger partial charge on any atom is 0.311 e. The fourth-order valence-corrected chi connectivity index (χ4v) is 8.73. The van der Waals surface area contributed by atoms with Gasteiger partial charge in [0.25, 0.3) is 5.91 Å². The van der Waals surface area contributed by atoms with Gasteiger partial charge in [-0.25, -0.2) is 0 Å². The first-order valence-corrected chi connectivity index (χ1v) is 14.8. The number of amides is 2. The van der Waals surface area contributed by atoms with Crippen molar-refractivity contribution in [3.63, 3.8) is 0 Å². The Morgan fingerprint density at radius 1 is 1.08 bits per heavy atom. The zero-order chi connectivity index (χ0) is 27.1. The molecule has 204 valence electrons. The van der Waals surface area contributed by atoms with Crippen LogP contribution in [0.15, 0.2) is 66.8 Å². The van der Waals surface area contributed by atoms with Crippen LogP contribution in [0.3, 0.4) is 0 Å². The lowest BCUT2D eigenvalue weighted by molar-refractivity contribution is -0.153. The number of anilines is 1. The van der Waals surface area contributed by atoms with Crippen molar-refractivity contribution in [1.29, 1.82) is 0 Å². The van der Waals surface area contributed by atoms with E-state index in [4.69, 9.17) is 4.74 Å². The highest BCUT2D eigenvalue weighted by Crippen LogP contribution is 2.61. The zero-order valence-electron chi connectivity index (χ0n) is 22.1. The average Bonchev–Trinajstić information content (AvgIpc) is 3.34. The van der Waals surface area contributed by atoms with Crippen molar-refractivity contribution < 1.29 is 24.2 Å². The van der Waals surface area contributed by atoms with Gasteiger partial charge in [-0.2, -0.15) is 0 Å². The second kappa shape index (κ2) is 10.5. The van der Waals surface area contributed by atoms with E-state index in [2.05, 4.69) is 6.08 Å². The molecule has 6 rings (SSSR count). The van der Waals surface area contributed by atoms with Gasteiger partial charge in [0, 0.05) is 17.5 Å². The predicted molar refractivity (Wildman–Crippen MR) is 152 cm³/mol. The normalized spacial score (nSPS) is 32.3. The van der Waals surface area contributed by atoms with Crippen LogP contribution in [0.25, 0.3) is 10.8 Å². The minimum absolute atomic E-state index is 0.188. The SMILES string of the molecule is CC[C@@H](CO)N1C(=O)[C@@H]2[C@H]3C(=O)OCCCC/C=C\[C@H]3S[C@@]23C=CCN(c2ccc4ccccc4c2)C(=O)C13. The number of allylic oxidation sites excluding steroid dienone is 1. The Morgan fingerprint density at radius 2 is 1.90 bits per heavy atom. The fourth-order valence-electron chi connectivity index (χ4n) is 6.74. The number of carbonyl (C=O) groups is 3. The number of aliphatic hydroxyl groups is 1. The number of benzene rings is 2. The molecule has 1 N–H and O–H groups in total. The van der Waals surface area contributed by atoms with Gasteiger partial charge < -0.3 is 19.6 Å². The smallest absolute Gasteiger partial charge is 0.311 e. The number of esters is 1. The number of hydrogen-bond donors (Lipinski definition) is 1. The Bertz CT molecular complexity index is 1350. The second-order valence-electron chi connectivity index (χ2n) is 10.8. The number of cyclic esters (lactones) is 1. The summed E-state index contributed by atoms with van der Waals surface area (Å²) in [5.41, 5.74) is 0.759. The molecule has 0 aliphatic carbocycles. The van der Waals surface area contributed by atoms with E-state index in [0.717, 1.165) is 35.7 Å². The number of nitrogens with zero attached hydrogens (tertiary/aromatic N) is 2. The summed E-state index contributed by atoms with van der Waals surface area (Å²) in [6.07, 6.45) is 11.2. The minimum atomic E-state index is -0.935. The van der Waals surface area contributed by atoms with Crippen molar-refractivity contribution in [2.24, 2.45) is 11.8 Å². The van der Waals surface area contributed by atoms with Gasteiger partial charge in [-0.1, -0.05) is 61.6 Å². The van der Waals surface area contributed by atoms with E-state index in [1.165, 1.54) is 11.8 Å². The Morgan fingerprint density at radius 3 is 2.69 bits per heavy atom. The largest absolute Gasteiger partial charge is 0.465 e. The van der Waals surface area contributed by atoms with E-state index in [-0.39, 0.29) is 29.6 Å². The number of hydrogen-bond acceptors (Lipinski definition) is 6. The predicted octanol–water partition coefficient (Wildman–Crippen LogP) is 4.09. The monoisotopic (exact) mass is 546 g/mol. The van der Waals surface area contributed by atoms with Crippen LogP contribution in [-0.2, 0) is 19.1 Å². The van der Waals surface area contributed by atoms with Gasteiger partial charge >= 0.3 is 5.97 Å². The molecule has 2 amide bonds. The summed E-state index contributed by atoms with van der Waals surface area (Å²) >= 11 is 1.54. The molecule has 1 unspecified atom stereocenters. The second-order valence-corrected chi connectivity index (χ2v) is 12.3. The molecular formula is C31H34N2O5S. The lowest BCUT2D eigenvalue weighted by Crippen LogP contribution is -2.56. The molecule has 4 aliphatic rings. The number of likely N-dealkylation sites (tertiary alicyclic amines) is 1. The number of fused-ring (bicyclic) bond motifs is 3. The molecule has 0 aromatic heterocycles. The molecule has 2 fully saturated rings. The van der Waals surface area contributed by atoms with Gasteiger partial charge in [0.2, 0.25) is 5.91 Å². The van der Waals surface area contributed by atoms with Gasteiger partial charge in [0.05, 0.1) is 35.8 Å². The van der Waals surface area contributed by atoms with E-state index in [1.54, 1.807) is 9.80 Å². The maximum absolute atomic E-state index is 14.6. The molecule has 0 bridgehead atoms. The molecule has 6 atom stereocenters. The van der Waals surface area contributed by atoms with Crippen molar-refractivity contribution >= 4 is 46.0 Å². The van der Waals surface area contributed by atoms with E-state index < -0.39 is 28.7 Å². The number of rotatable bonds is 4. The van der Waals surface area contributed by atoms with Crippen molar-refractivity contribution in [2.75, 3.05) is 24.7 Å². The Labute approximate surface area is 232 Å². The lowest BCUT2D eigenvalue weighted by atomic mass is 9.78. The van der Waals surface area contributed by atoms with Crippen LogP contribution in [0.4, 0.5) is 5.69 Å². The van der Waals surface area contributed by atoms with Gasteiger partial charge in [-0.3, -0.25) is 14.4 Å². The van der Waals surface area contributed by atoms with Gasteiger partial charge in [0.1, 0.15) is 6.04 Å². The number of thioether (sulfide) groups is 1. The fraction of sp³-hybridized carbons (Fsp3) is 0.452. The van der Waals surface area contributed by atoms with Crippen molar-refractivity contribution in [2.45, 2.75) is 54.7 Å². The van der Waals surface area contributed by atoms with Crippen LogP contribution in [0.5, 0.6) is 0 Å². The molecule has 39 heavy (non-hydrogen) atoms. The van der Waals surface area contributed by atoms with Gasteiger partial charge in [-0.15, -0.1) is 11.8 Å². The standard InChI is InChI=1S/C31H34N2O5S/c1-2-22(19-34)33-27-29(36)32(23-14-13-20-10-6-7-11-21(20)18-23)16-9-15-31(27)26(28(33)35)25-24(39-31)12-5-3-4-8-17-38-30(25)37/h5-7,9-15,18,22,24-27,34H,2-4,8,16-17,19H2,1H3/b12-5-/t22-,24+,25-,26-,27?,31-/m0/s1. The van der Waals surface area contributed by atoms with Crippen molar-refractivity contribution in [3.05, 3.63) is 66.8 Å². The van der Waals surface area contributed by atoms with Crippen LogP contribution in [0, 0.1) is 11.8 Å². The zero-order valence-corrected chi connectivity index (χ0v) is 22.9. The highest BCUT2D eigenvalue weighted by Gasteiger charge is 2.71. The third kappa shape index (κ3) is 4.19. The molecule has 0 radical (unpaired) electrons. The number of aliphatic hydroxyl groups excluding tert-OH is 1. The molecule has 2 aromatic rings. The molecule has 0 saturated carbocycles. The number of carbonyl (C=O) groups excluding carboxylic acids is 3. The first-order chi connectivity index (χ1) is 19.0. The topological polar surface area (TPSA) is 87.2 Å². The van der Waals surface area contributed by atoms with Crippen LogP contribution < -0.4 is 4.90 Å². The maximum atomic E-state index is 14.6. The van der Waals surface area contributed by atoms with Crippen LogP contribution in [0.1, 0.15) is 32.6 Å². The van der Waals surface area contributed by atoms with Gasteiger partial charge in [0.15, 0.2) is 0 Å². The summed E-state index contributed by atoms with van der Waals surface area (Å²) in [4.78, 5) is 45.7. The summed E-state index contributed by atoms with van der Waals surface area (Å²) in [7, 11) is 0. The molecule has 7 nitrogen and oxygen atoms in total. The Hall–Kier alpha value is -3.10. The van der Waals surface area contributed by atoms with E-state index in [0.29, 0.717) is 19.6 Å². The molecule has 2 aromatic carbocycles. The third-order valence-corrected chi connectivity index (χ3v) is 10.4. The molecule has 4 aliphatic heterocycles. The van der Waals surface area contributed by atoms with Crippen LogP contribution in [0.2, 0.25) is 0 Å². The van der Waals surface area contributed by atoms with Crippen molar-refractivity contribution in [3.8, 4) is 0 Å². The van der Waals surface area contributed by atoms with Crippen LogP contribution >= 0.6 is 11.8 Å². The quantitative estimate of drug-likeness (QED) is 0.459. The summed E-state index contributed by atoms with van der Waals surface area (Å²) in [5, 5.41) is 12.1. The summed E-state index contributed by atoms with van der Waals surface area (Å²) in [6.45, 7) is 2.34. The van der Waals surface area contributed by atoms with E-state index in [1.807, 2.05) is 67.6 Å². The summed E-state index contributed by atoms with van der Waals surface area (Å²) in [5.74, 6) is -2.24. The highest BCUT2D eigenvalue weighted by molar-refractivity contribution is 8.02. The molecule has 1 spiro atoms. The molecule has 2 saturated heterocycles. The van der Waals surface area contributed by atoms with E-state index in [9.17, 15) is 19.5 Å². The third-order valence-electron chi connectivity index (χ3n) is 8.66. The Kier molecular flexibility index (Phi) is 7.02. The van der Waals surface area contributed by atoms with Crippen LogP contribution in [-0.4, -0.2) is 69.6 Å². The lowest BCUT2D eigenvalue weighted by Gasteiger charge is -2.38. The summed E-state index contributed by atoms with van der Waals surface area (Å²) in [6, 6.07) is 12.6. The Balaban J connectivity index is 1.47. The minimum Gasteiger partial charge on any atom is -0.465 e. The molecular weight excluding hydrogens is 512 g/mol. The first-order valence-electron chi connectivity index (χ1n) is 13.9. The first kappa shape index (κ1) is 26.1. The average molecular weight is 547 g/mol. The van der Waals surface area contributed by atoms with Gasteiger partial charge in [-0.05, 0) is 48.6 Å².